The third-order valence-electron chi connectivity index (χ3n) is 6.72. The number of nitrogens with zero attached hydrogens (tertiary/aromatic N) is 3. The summed E-state index contributed by atoms with van der Waals surface area (Å²) in [6.07, 6.45) is 4.51. The van der Waals surface area contributed by atoms with Crippen LogP contribution in [0.25, 0.3) is 0 Å². The highest BCUT2D eigenvalue weighted by Gasteiger charge is 2.56. The maximum Gasteiger partial charge on any atom is 0.0415 e. The van der Waals surface area contributed by atoms with Gasteiger partial charge in [-0.3, -0.25) is 4.98 Å². The Labute approximate surface area is 150 Å². The summed E-state index contributed by atoms with van der Waals surface area (Å²) < 4.78 is 0. The van der Waals surface area contributed by atoms with Crippen molar-refractivity contribution in [1.82, 2.24) is 9.88 Å². The molecule has 3 heterocycles. The Morgan fingerprint density at radius 2 is 2.04 bits per heavy atom. The summed E-state index contributed by atoms with van der Waals surface area (Å²) in [5.74, 6) is 1.53. The van der Waals surface area contributed by atoms with Crippen LogP contribution in [0.1, 0.15) is 34.7 Å². The SMILES string of the molecule is Cc1ccc2c(c1)[C@@H]1[C@@H]([C@H]3C[C@H]1N(C)C3)N2CCc1ccc(C)nc1. The Balaban J connectivity index is 1.46. The topological polar surface area (TPSA) is 19.4 Å². The predicted octanol–water partition coefficient (Wildman–Crippen LogP) is 3.55. The fourth-order valence-electron chi connectivity index (χ4n) is 5.63. The number of rotatable bonds is 3. The average molecular weight is 333 g/mol. The first-order valence-corrected chi connectivity index (χ1v) is 9.61. The second kappa shape index (κ2) is 5.57. The number of piperidine rings is 1. The highest BCUT2D eigenvalue weighted by Crippen LogP contribution is 2.56. The summed E-state index contributed by atoms with van der Waals surface area (Å²) in [4.78, 5) is 9.81. The molecule has 2 bridgehead atoms. The van der Waals surface area contributed by atoms with Crippen LogP contribution < -0.4 is 4.90 Å². The van der Waals surface area contributed by atoms with Gasteiger partial charge in [-0.2, -0.15) is 0 Å². The van der Waals surface area contributed by atoms with E-state index in [0.29, 0.717) is 12.0 Å². The van der Waals surface area contributed by atoms with Crippen molar-refractivity contribution in [1.29, 1.82) is 0 Å². The molecule has 2 aromatic rings. The second-order valence-electron chi connectivity index (χ2n) is 8.33. The molecule has 1 aromatic heterocycles. The molecule has 5 rings (SSSR count). The van der Waals surface area contributed by atoms with E-state index in [1.165, 1.54) is 29.8 Å². The molecule has 0 spiro atoms. The summed E-state index contributed by atoms with van der Waals surface area (Å²) >= 11 is 0. The first-order chi connectivity index (χ1) is 12.1. The van der Waals surface area contributed by atoms with Crippen molar-refractivity contribution in [2.24, 2.45) is 5.92 Å². The van der Waals surface area contributed by atoms with E-state index >= 15 is 0 Å². The van der Waals surface area contributed by atoms with Crippen LogP contribution in [0.2, 0.25) is 0 Å². The number of pyridine rings is 1. The first kappa shape index (κ1) is 15.4. The zero-order valence-electron chi connectivity index (χ0n) is 15.4. The van der Waals surface area contributed by atoms with Crippen molar-refractivity contribution >= 4 is 5.69 Å². The van der Waals surface area contributed by atoms with Gasteiger partial charge in [-0.05, 0) is 62.9 Å². The molecule has 25 heavy (non-hydrogen) atoms. The Morgan fingerprint density at radius 1 is 1.16 bits per heavy atom. The van der Waals surface area contributed by atoms with E-state index in [4.69, 9.17) is 0 Å². The van der Waals surface area contributed by atoms with Gasteiger partial charge in [0.25, 0.3) is 0 Å². The van der Waals surface area contributed by atoms with Gasteiger partial charge in [0.2, 0.25) is 0 Å². The maximum absolute atomic E-state index is 4.47. The molecule has 0 unspecified atom stereocenters. The molecule has 3 heteroatoms. The van der Waals surface area contributed by atoms with Crippen LogP contribution in [0.15, 0.2) is 36.5 Å². The van der Waals surface area contributed by atoms with Crippen molar-refractivity contribution in [3.05, 3.63) is 58.9 Å². The molecular weight excluding hydrogens is 306 g/mol. The van der Waals surface area contributed by atoms with E-state index in [0.717, 1.165) is 30.6 Å². The van der Waals surface area contributed by atoms with Crippen LogP contribution in [-0.2, 0) is 6.42 Å². The van der Waals surface area contributed by atoms with Crippen molar-refractivity contribution in [3.8, 4) is 0 Å². The van der Waals surface area contributed by atoms with E-state index in [-0.39, 0.29) is 0 Å². The van der Waals surface area contributed by atoms with Crippen LogP contribution in [0, 0.1) is 19.8 Å². The molecule has 130 valence electrons. The van der Waals surface area contributed by atoms with Crippen molar-refractivity contribution in [2.45, 2.75) is 44.7 Å². The molecule has 1 saturated carbocycles. The van der Waals surface area contributed by atoms with Gasteiger partial charge >= 0.3 is 0 Å². The van der Waals surface area contributed by atoms with E-state index in [2.05, 4.69) is 66.0 Å². The van der Waals surface area contributed by atoms with Crippen molar-refractivity contribution < 1.29 is 0 Å². The zero-order valence-corrected chi connectivity index (χ0v) is 15.4. The van der Waals surface area contributed by atoms with E-state index in [1.807, 2.05) is 6.20 Å². The minimum Gasteiger partial charge on any atom is -0.367 e. The lowest BCUT2D eigenvalue weighted by atomic mass is 9.89. The molecule has 3 nitrogen and oxygen atoms in total. The summed E-state index contributed by atoms with van der Waals surface area (Å²) in [6.45, 7) is 6.66. The Morgan fingerprint density at radius 3 is 2.84 bits per heavy atom. The van der Waals surface area contributed by atoms with Crippen LogP contribution in [0.5, 0.6) is 0 Å². The number of benzene rings is 1. The third kappa shape index (κ3) is 2.32. The molecular formula is C22H27N3. The van der Waals surface area contributed by atoms with E-state index < -0.39 is 0 Å². The number of hydrogen-bond donors (Lipinski definition) is 0. The molecule has 2 fully saturated rings. The smallest absolute Gasteiger partial charge is 0.0415 e. The Bertz CT molecular complexity index is 797. The number of likely N-dealkylation sites (tertiary alicyclic amines) is 1. The van der Waals surface area contributed by atoms with Gasteiger partial charge < -0.3 is 9.80 Å². The van der Waals surface area contributed by atoms with Crippen LogP contribution in [-0.4, -0.2) is 42.1 Å². The lowest BCUT2D eigenvalue weighted by Gasteiger charge is -2.37. The van der Waals surface area contributed by atoms with Crippen LogP contribution in [0.4, 0.5) is 5.69 Å². The van der Waals surface area contributed by atoms with Gasteiger partial charge in [0.05, 0.1) is 0 Å². The average Bonchev–Trinajstić information content (AvgIpc) is 3.23. The lowest BCUT2D eigenvalue weighted by Crippen LogP contribution is -2.46. The minimum atomic E-state index is 0.704. The lowest BCUT2D eigenvalue weighted by molar-refractivity contribution is 0.218. The number of hydrogen-bond acceptors (Lipinski definition) is 3. The molecule has 0 radical (unpaired) electrons. The molecule has 0 amide bonds. The van der Waals surface area contributed by atoms with Crippen LogP contribution in [0.3, 0.4) is 0 Å². The number of fused-ring (bicyclic) bond motifs is 7. The highest BCUT2D eigenvalue weighted by molar-refractivity contribution is 5.65. The molecule has 0 N–H and O–H groups in total. The van der Waals surface area contributed by atoms with Gasteiger partial charge in [-0.25, -0.2) is 0 Å². The highest BCUT2D eigenvalue weighted by atomic mass is 15.3. The standard InChI is InChI=1S/C22H27N3/c1-14-4-7-19-18(10-14)21-20-11-17(13-24(20)3)22(21)25(19)9-8-16-6-5-15(2)23-12-16/h4-7,10,12,17,20-22H,8-9,11,13H2,1-3H3/t17-,20+,21-,22+/m0/s1. The van der Waals surface area contributed by atoms with Crippen LogP contribution >= 0.6 is 0 Å². The monoisotopic (exact) mass is 333 g/mol. The van der Waals surface area contributed by atoms with Crippen molar-refractivity contribution in [3.63, 3.8) is 0 Å². The quantitative estimate of drug-likeness (QED) is 0.856. The third-order valence-corrected chi connectivity index (χ3v) is 6.72. The number of anilines is 1. The molecule has 4 atom stereocenters. The number of aromatic nitrogens is 1. The van der Waals surface area contributed by atoms with Gasteiger partial charge in [0.1, 0.15) is 0 Å². The summed E-state index contributed by atoms with van der Waals surface area (Å²) in [7, 11) is 2.32. The molecule has 1 aliphatic carbocycles. The minimum absolute atomic E-state index is 0.704. The van der Waals surface area contributed by atoms with E-state index in [1.54, 1.807) is 5.56 Å². The second-order valence-corrected chi connectivity index (χ2v) is 8.33. The predicted molar refractivity (Wildman–Crippen MR) is 102 cm³/mol. The summed E-state index contributed by atoms with van der Waals surface area (Å²) in [6, 6.07) is 12.9. The largest absolute Gasteiger partial charge is 0.367 e. The van der Waals surface area contributed by atoms with E-state index in [9.17, 15) is 0 Å². The van der Waals surface area contributed by atoms with Crippen molar-refractivity contribution in [2.75, 3.05) is 25.0 Å². The summed E-state index contributed by atoms with van der Waals surface area (Å²) in [5.41, 5.74) is 6.94. The van der Waals surface area contributed by atoms with Gasteiger partial charge in [-0.15, -0.1) is 0 Å². The molecule has 1 aromatic carbocycles. The maximum atomic E-state index is 4.47. The van der Waals surface area contributed by atoms with Gasteiger partial charge in [0.15, 0.2) is 0 Å². The number of likely N-dealkylation sites (N-methyl/N-ethyl adjacent to an activating group) is 1. The zero-order chi connectivity index (χ0) is 17.1. The fraction of sp³-hybridized carbons (Fsp3) is 0.500. The Hall–Kier alpha value is -1.87. The fourth-order valence-corrected chi connectivity index (χ4v) is 5.63. The summed E-state index contributed by atoms with van der Waals surface area (Å²) in [5, 5.41) is 0. The molecule has 3 aliphatic rings. The Kier molecular flexibility index (Phi) is 3.43. The normalized spacial score (nSPS) is 30.0. The molecule has 1 saturated heterocycles. The van der Waals surface area contributed by atoms with Gasteiger partial charge in [-0.1, -0.05) is 23.8 Å². The number of aryl methyl sites for hydroxylation is 2. The first-order valence-electron chi connectivity index (χ1n) is 9.61. The van der Waals surface area contributed by atoms with Gasteiger partial charge in [0, 0.05) is 48.7 Å². The molecule has 2 aliphatic heterocycles.